The molecule has 2 rings (SSSR count). The molecule has 0 aliphatic carbocycles. The first-order valence-electron chi connectivity index (χ1n) is 4.15. The number of aromatic nitrogens is 2. The summed E-state index contributed by atoms with van der Waals surface area (Å²) in [6.45, 7) is 0. The van der Waals surface area contributed by atoms with E-state index in [-0.39, 0.29) is 5.82 Å². The molecular formula is C10H8ClFN2. The van der Waals surface area contributed by atoms with Crippen molar-refractivity contribution in [1.29, 1.82) is 0 Å². The Balaban J connectivity index is 2.44. The molecule has 0 spiro atoms. The van der Waals surface area contributed by atoms with E-state index < -0.39 is 0 Å². The molecule has 0 radical (unpaired) electrons. The predicted octanol–water partition coefficient (Wildman–Crippen LogP) is 2.75. The highest BCUT2D eigenvalue weighted by molar-refractivity contribution is 6.17. The van der Waals surface area contributed by atoms with Crippen LogP contribution in [0.3, 0.4) is 0 Å². The summed E-state index contributed by atoms with van der Waals surface area (Å²) in [5, 5.41) is 4.01. The van der Waals surface area contributed by atoms with E-state index in [9.17, 15) is 4.39 Å². The number of alkyl halides is 1. The van der Waals surface area contributed by atoms with Crippen LogP contribution in [0.1, 0.15) is 5.56 Å². The zero-order valence-electron chi connectivity index (χ0n) is 7.32. The zero-order chi connectivity index (χ0) is 9.97. The molecule has 1 heterocycles. The normalized spacial score (nSPS) is 10.4. The Labute approximate surface area is 85.9 Å². The van der Waals surface area contributed by atoms with E-state index in [0.717, 1.165) is 5.56 Å². The Morgan fingerprint density at radius 1 is 1.36 bits per heavy atom. The van der Waals surface area contributed by atoms with Crippen LogP contribution in [0.15, 0.2) is 36.7 Å². The maximum absolute atomic E-state index is 13.3. The first-order valence-corrected chi connectivity index (χ1v) is 4.69. The van der Waals surface area contributed by atoms with Crippen molar-refractivity contribution in [2.24, 2.45) is 0 Å². The highest BCUT2D eigenvalue weighted by Gasteiger charge is 2.04. The molecule has 1 aromatic carbocycles. The number of nitrogens with zero attached hydrogens (tertiary/aromatic N) is 2. The van der Waals surface area contributed by atoms with Gasteiger partial charge in [-0.1, -0.05) is 12.1 Å². The van der Waals surface area contributed by atoms with Crippen LogP contribution in [0.2, 0.25) is 0 Å². The fraction of sp³-hybridized carbons (Fsp3) is 0.100. The Hall–Kier alpha value is -1.35. The minimum Gasteiger partial charge on any atom is -0.238 e. The van der Waals surface area contributed by atoms with Gasteiger partial charge in [0.05, 0.1) is 12.1 Å². The van der Waals surface area contributed by atoms with Gasteiger partial charge in [-0.15, -0.1) is 11.6 Å². The van der Waals surface area contributed by atoms with E-state index in [2.05, 4.69) is 5.10 Å². The average molecular weight is 211 g/mol. The number of hydrogen-bond donors (Lipinski definition) is 0. The van der Waals surface area contributed by atoms with Gasteiger partial charge < -0.3 is 0 Å². The third-order valence-corrected chi connectivity index (χ3v) is 2.20. The molecule has 4 heteroatoms. The van der Waals surface area contributed by atoms with Gasteiger partial charge in [-0.2, -0.15) is 5.10 Å². The molecule has 2 aromatic rings. The van der Waals surface area contributed by atoms with Gasteiger partial charge in [-0.25, -0.2) is 9.07 Å². The molecule has 14 heavy (non-hydrogen) atoms. The van der Waals surface area contributed by atoms with Crippen LogP contribution in [0.5, 0.6) is 0 Å². The number of para-hydroxylation sites is 1. The Bertz CT molecular complexity index is 439. The van der Waals surface area contributed by atoms with E-state index in [0.29, 0.717) is 11.6 Å². The molecule has 72 valence electrons. The first-order chi connectivity index (χ1) is 6.81. The quantitative estimate of drug-likeness (QED) is 0.697. The van der Waals surface area contributed by atoms with E-state index >= 15 is 0 Å². The van der Waals surface area contributed by atoms with Gasteiger partial charge in [0, 0.05) is 11.8 Å². The third kappa shape index (κ3) is 1.63. The van der Waals surface area contributed by atoms with Crippen molar-refractivity contribution >= 4 is 11.6 Å². The summed E-state index contributed by atoms with van der Waals surface area (Å²) < 4.78 is 14.8. The van der Waals surface area contributed by atoms with Gasteiger partial charge in [-0.05, 0) is 12.1 Å². The zero-order valence-corrected chi connectivity index (χ0v) is 8.08. The van der Waals surface area contributed by atoms with E-state index in [1.807, 2.05) is 0 Å². The van der Waals surface area contributed by atoms with E-state index in [1.165, 1.54) is 10.7 Å². The van der Waals surface area contributed by atoms with Crippen molar-refractivity contribution in [3.63, 3.8) is 0 Å². The van der Waals surface area contributed by atoms with Crippen molar-refractivity contribution in [1.82, 2.24) is 9.78 Å². The molecule has 2 nitrogen and oxygen atoms in total. The molecule has 0 fully saturated rings. The van der Waals surface area contributed by atoms with Crippen LogP contribution in [-0.4, -0.2) is 9.78 Å². The van der Waals surface area contributed by atoms with Crippen molar-refractivity contribution in [2.45, 2.75) is 5.88 Å². The molecule has 0 unspecified atom stereocenters. The summed E-state index contributed by atoms with van der Waals surface area (Å²) in [7, 11) is 0. The second-order valence-electron chi connectivity index (χ2n) is 2.88. The molecule has 0 atom stereocenters. The Kier molecular flexibility index (Phi) is 2.50. The topological polar surface area (TPSA) is 17.8 Å². The first kappa shape index (κ1) is 9.21. The monoisotopic (exact) mass is 210 g/mol. The molecule has 1 aromatic heterocycles. The summed E-state index contributed by atoms with van der Waals surface area (Å²) in [5.74, 6) is 0.0887. The van der Waals surface area contributed by atoms with Crippen molar-refractivity contribution in [2.75, 3.05) is 0 Å². The fourth-order valence-electron chi connectivity index (χ4n) is 1.20. The van der Waals surface area contributed by atoms with Gasteiger partial charge in [0.1, 0.15) is 11.5 Å². The number of benzene rings is 1. The standard InChI is InChI=1S/C10H8ClFN2/c11-5-8-6-13-14(7-8)10-4-2-1-3-9(10)12/h1-4,6-7H,5H2. The van der Waals surface area contributed by atoms with Crippen LogP contribution in [0.25, 0.3) is 5.69 Å². The molecule has 0 aliphatic heterocycles. The van der Waals surface area contributed by atoms with Crippen molar-refractivity contribution in [3.05, 3.63) is 48.0 Å². The maximum atomic E-state index is 13.3. The van der Waals surface area contributed by atoms with Gasteiger partial charge in [0.15, 0.2) is 0 Å². The lowest BCUT2D eigenvalue weighted by Crippen LogP contribution is -1.96. The predicted molar refractivity (Wildman–Crippen MR) is 53.1 cm³/mol. The van der Waals surface area contributed by atoms with Crippen LogP contribution < -0.4 is 0 Å². The number of hydrogen-bond acceptors (Lipinski definition) is 1. The lowest BCUT2D eigenvalue weighted by molar-refractivity contribution is 0.611. The van der Waals surface area contributed by atoms with Crippen LogP contribution in [-0.2, 0) is 5.88 Å². The molecule has 0 saturated carbocycles. The smallest absolute Gasteiger partial charge is 0.148 e. The van der Waals surface area contributed by atoms with Crippen molar-refractivity contribution < 1.29 is 4.39 Å². The summed E-state index contributed by atoms with van der Waals surface area (Å²) in [6, 6.07) is 6.48. The van der Waals surface area contributed by atoms with E-state index in [4.69, 9.17) is 11.6 Å². The minimum atomic E-state index is -0.295. The summed E-state index contributed by atoms with van der Waals surface area (Å²) >= 11 is 5.62. The average Bonchev–Trinajstić information content (AvgIpc) is 2.67. The Morgan fingerprint density at radius 2 is 2.14 bits per heavy atom. The number of rotatable bonds is 2. The largest absolute Gasteiger partial charge is 0.238 e. The van der Waals surface area contributed by atoms with Crippen molar-refractivity contribution in [3.8, 4) is 5.69 Å². The van der Waals surface area contributed by atoms with Gasteiger partial charge in [-0.3, -0.25) is 0 Å². The van der Waals surface area contributed by atoms with Crippen LogP contribution in [0.4, 0.5) is 4.39 Å². The van der Waals surface area contributed by atoms with Gasteiger partial charge >= 0.3 is 0 Å². The molecule has 0 N–H and O–H groups in total. The molecule has 0 amide bonds. The van der Waals surface area contributed by atoms with E-state index in [1.54, 1.807) is 30.6 Å². The maximum Gasteiger partial charge on any atom is 0.148 e. The molecule has 0 aliphatic rings. The minimum absolute atomic E-state index is 0.295. The highest BCUT2D eigenvalue weighted by atomic mass is 35.5. The fourth-order valence-corrected chi connectivity index (χ4v) is 1.34. The van der Waals surface area contributed by atoms with Crippen LogP contribution >= 0.6 is 11.6 Å². The van der Waals surface area contributed by atoms with Gasteiger partial charge in [0.25, 0.3) is 0 Å². The second-order valence-corrected chi connectivity index (χ2v) is 3.15. The summed E-state index contributed by atoms with van der Waals surface area (Å²) in [4.78, 5) is 0. The lowest BCUT2D eigenvalue weighted by Gasteiger charge is -2.01. The second kappa shape index (κ2) is 3.80. The molecule has 0 saturated heterocycles. The van der Waals surface area contributed by atoms with Gasteiger partial charge in [0.2, 0.25) is 0 Å². The number of halogens is 2. The highest BCUT2D eigenvalue weighted by Crippen LogP contribution is 2.13. The third-order valence-electron chi connectivity index (χ3n) is 1.89. The van der Waals surface area contributed by atoms with Crippen LogP contribution in [0, 0.1) is 5.82 Å². The molecular weight excluding hydrogens is 203 g/mol. The summed E-state index contributed by atoms with van der Waals surface area (Å²) in [5.41, 5.74) is 1.30. The molecule has 0 bridgehead atoms. The Morgan fingerprint density at radius 3 is 2.79 bits per heavy atom. The lowest BCUT2D eigenvalue weighted by atomic mass is 10.3. The SMILES string of the molecule is Fc1ccccc1-n1cc(CCl)cn1. The summed E-state index contributed by atoms with van der Waals surface area (Å²) in [6.07, 6.45) is 3.34.